The Hall–Kier alpha value is -1.91. The summed E-state index contributed by atoms with van der Waals surface area (Å²) in [6.45, 7) is 4.41. The number of carbonyl (C=O) groups excluding carboxylic acids is 1. The molecule has 0 radical (unpaired) electrons. The van der Waals surface area contributed by atoms with E-state index in [1.165, 1.54) is 12.3 Å². The third-order valence-corrected chi connectivity index (χ3v) is 6.05. The quantitative estimate of drug-likeness (QED) is 0.599. The monoisotopic (exact) mass is 487 g/mol. The Kier molecular flexibility index (Phi) is 7.77. The minimum atomic E-state index is -4.31. The Balaban J connectivity index is 1.56. The van der Waals surface area contributed by atoms with Gasteiger partial charge in [-0.15, -0.1) is 0 Å². The van der Waals surface area contributed by atoms with Crippen LogP contribution in [0, 0.1) is 0 Å². The first-order valence-electron chi connectivity index (χ1n) is 9.59. The van der Waals surface area contributed by atoms with E-state index in [-0.39, 0.29) is 35.0 Å². The maximum atomic E-state index is 12.7. The van der Waals surface area contributed by atoms with E-state index in [0.717, 1.165) is 12.1 Å². The number of hydrogen-bond donors (Lipinski definition) is 1. The predicted octanol–water partition coefficient (Wildman–Crippen LogP) is 2.89. The molecule has 1 amide bonds. The second-order valence-electron chi connectivity index (χ2n) is 7.43. The second-order valence-corrected chi connectivity index (χ2v) is 9.76. The average Bonchev–Trinajstić information content (AvgIpc) is 2.68. The van der Waals surface area contributed by atoms with Crippen LogP contribution in [0.5, 0.6) is 5.88 Å². The molecule has 168 valence electrons. The van der Waals surface area contributed by atoms with Crippen LogP contribution in [-0.4, -0.2) is 65.9 Å². The van der Waals surface area contributed by atoms with Crippen molar-refractivity contribution < 1.29 is 22.5 Å². The molecule has 1 atom stereocenters. The van der Waals surface area contributed by atoms with Crippen molar-refractivity contribution in [1.29, 1.82) is 0 Å². The molecule has 0 bridgehead atoms. The van der Waals surface area contributed by atoms with E-state index in [4.69, 9.17) is 32.5 Å². The second kappa shape index (κ2) is 10.1. The van der Waals surface area contributed by atoms with E-state index >= 15 is 0 Å². The topological polar surface area (TPSA) is 100 Å². The van der Waals surface area contributed by atoms with Crippen molar-refractivity contribution in [3.05, 3.63) is 57.7 Å². The highest BCUT2D eigenvalue weighted by molar-refractivity contribution is 7.85. The number of halogens is 2. The lowest BCUT2D eigenvalue weighted by molar-refractivity contribution is -0.138. The van der Waals surface area contributed by atoms with E-state index < -0.39 is 15.9 Å². The van der Waals surface area contributed by atoms with E-state index in [9.17, 15) is 13.2 Å². The van der Waals surface area contributed by atoms with Crippen molar-refractivity contribution in [3.63, 3.8) is 0 Å². The Morgan fingerprint density at radius 3 is 2.58 bits per heavy atom. The largest absolute Gasteiger partial charge is 0.467 e. The standard InChI is InChI=1S/C20H23Cl2N3O5S/c1-14-10-24(11-15-2-4-17(21)5-3-15)6-7-25(14)19(26)12-30-20-16(13-31(27,28)29)8-18(22)9-23-20/h2-5,8-9,14H,6-7,10-13H2,1H3,(H,27,28,29). The van der Waals surface area contributed by atoms with Gasteiger partial charge in [0.15, 0.2) is 6.61 Å². The van der Waals surface area contributed by atoms with Crippen LogP contribution in [0.15, 0.2) is 36.5 Å². The van der Waals surface area contributed by atoms with Gasteiger partial charge in [-0.3, -0.25) is 14.2 Å². The summed E-state index contributed by atoms with van der Waals surface area (Å²) in [5.41, 5.74) is 1.24. The van der Waals surface area contributed by atoms with E-state index in [2.05, 4.69) is 9.88 Å². The summed E-state index contributed by atoms with van der Waals surface area (Å²) >= 11 is 11.8. The zero-order valence-electron chi connectivity index (χ0n) is 16.9. The molecule has 1 aromatic carbocycles. The lowest BCUT2D eigenvalue weighted by Crippen LogP contribution is -2.54. The predicted molar refractivity (Wildman–Crippen MR) is 118 cm³/mol. The summed E-state index contributed by atoms with van der Waals surface area (Å²) in [7, 11) is -4.31. The van der Waals surface area contributed by atoms with Gasteiger partial charge in [-0.25, -0.2) is 4.98 Å². The van der Waals surface area contributed by atoms with Crippen LogP contribution in [0.3, 0.4) is 0 Å². The summed E-state index contributed by atoms with van der Waals surface area (Å²) in [5.74, 6) is -0.985. The normalized spacial score (nSPS) is 17.5. The molecule has 0 saturated carbocycles. The van der Waals surface area contributed by atoms with Crippen LogP contribution in [0.4, 0.5) is 0 Å². The van der Waals surface area contributed by atoms with E-state index in [1.807, 2.05) is 31.2 Å². The molecule has 3 rings (SSSR count). The number of aromatic nitrogens is 1. The molecule has 1 aliphatic heterocycles. The molecule has 31 heavy (non-hydrogen) atoms. The van der Waals surface area contributed by atoms with Crippen molar-refractivity contribution >= 4 is 39.2 Å². The van der Waals surface area contributed by atoms with E-state index in [1.54, 1.807) is 4.90 Å². The first kappa shape index (κ1) is 23.7. The number of carbonyl (C=O) groups is 1. The van der Waals surface area contributed by atoms with Gasteiger partial charge in [0.1, 0.15) is 5.75 Å². The van der Waals surface area contributed by atoms with Gasteiger partial charge in [-0.2, -0.15) is 8.42 Å². The average molecular weight is 488 g/mol. The molecular formula is C20H23Cl2N3O5S. The molecule has 11 heteroatoms. The number of nitrogens with zero attached hydrogens (tertiary/aromatic N) is 3. The lowest BCUT2D eigenvalue weighted by atomic mass is 10.1. The lowest BCUT2D eigenvalue weighted by Gasteiger charge is -2.39. The molecule has 1 N–H and O–H groups in total. The van der Waals surface area contributed by atoms with Crippen molar-refractivity contribution in [3.8, 4) is 5.88 Å². The van der Waals surface area contributed by atoms with Crippen LogP contribution >= 0.6 is 23.2 Å². The molecule has 2 heterocycles. The highest BCUT2D eigenvalue weighted by Crippen LogP contribution is 2.22. The van der Waals surface area contributed by atoms with Crippen LogP contribution < -0.4 is 4.74 Å². The van der Waals surface area contributed by atoms with Gasteiger partial charge < -0.3 is 9.64 Å². The number of amides is 1. The molecule has 1 unspecified atom stereocenters. The summed E-state index contributed by atoms with van der Waals surface area (Å²) in [6.07, 6.45) is 1.28. The molecular weight excluding hydrogens is 465 g/mol. The van der Waals surface area contributed by atoms with Crippen molar-refractivity contribution in [2.45, 2.75) is 25.3 Å². The Morgan fingerprint density at radius 1 is 1.23 bits per heavy atom. The minimum absolute atomic E-state index is 0.0207. The van der Waals surface area contributed by atoms with Gasteiger partial charge in [0.25, 0.3) is 16.0 Å². The van der Waals surface area contributed by atoms with Crippen LogP contribution in [-0.2, 0) is 27.2 Å². The van der Waals surface area contributed by atoms with Gasteiger partial charge in [-0.05, 0) is 30.7 Å². The van der Waals surface area contributed by atoms with E-state index in [0.29, 0.717) is 24.7 Å². The number of hydrogen-bond acceptors (Lipinski definition) is 6. The van der Waals surface area contributed by atoms with Crippen LogP contribution in [0.2, 0.25) is 10.0 Å². The molecule has 1 aromatic heterocycles. The Bertz CT molecular complexity index is 1030. The molecule has 1 saturated heterocycles. The van der Waals surface area contributed by atoms with Crippen molar-refractivity contribution in [2.75, 3.05) is 26.2 Å². The van der Waals surface area contributed by atoms with Gasteiger partial charge >= 0.3 is 0 Å². The highest BCUT2D eigenvalue weighted by atomic mass is 35.5. The third kappa shape index (κ3) is 7.05. The maximum absolute atomic E-state index is 12.7. The van der Waals surface area contributed by atoms with Crippen LogP contribution in [0.25, 0.3) is 0 Å². The fourth-order valence-corrected chi connectivity index (χ4v) is 4.41. The molecule has 2 aromatic rings. The molecule has 1 fully saturated rings. The summed E-state index contributed by atoms with van der Waals surface area (Å²) in [5, 5.41) is 0.894. The number of ether oxygens (including phenoxy) is 1. The molecule has 8 nitrogen and oxygen atoms in total. The number of benzene rings is 1. The van der Waals surface area contributed by atoms with Gasteiger partial charge in [0.2, 0.25) is 5.88 Å². The Labute approximate surface area is 191 Å². The SMILES string of the molecule is CC1CN(Cc2ccc(Cl)cc2)CCN1C(=O)COc1ncc(Cl)cc1CS(=O)(=O)O. The first-order valence-corrected chi connectivity index (χ1v) is 12.0. The summed E-state index contributed by atoms with van der Waals surface area (Å²) < 4.78 is 37.0. The van der Waals surface area contributed by atoms with Crippen molar-refractivity contribution in [1.82, 2.24) is 14.8 Å². The molecule has 0 spiro atoms. The Morgan fingerprint density at radius 2 is 1.94 bits per heavy atom. The number of piperazine rings is 1. The minimum Gasteiger partial charge on any atom is -0.467 e. The molecule has 1 aliphatic rings. The maximum Gasteiger partial charge on any atom is 0.269 e. The summed E-state index contributed by atoms with van der Waals surface area (Å²) in [4.78, 5) is 20.6. The van der Waals surface area contributed by atoms with Gasteiger partial charge in [-0.1, -0.05) is 35.3 Å². The highest BCUT2D eigenvalue weighted by Gasteiger charge is 2.28. The third-order valence-electron chi connectivity index (χ3n) is 4.91. The fraction of sp³-hybridized carbons (Fsp3) is 0.400. The summed E-state index contributed by atoms with van der Waals surface area (Å²) in [6, 6.07) is 9.01. The smallest absolute Gasteiger partial charge is 0.269 e. The van der Waals surface area contributed by atoms with Gasteiger partial charge in [0, 0.05) is 49.0 Å². The zero-order chi connectivity index (χ0) is 22.6. The van der Waals surface area contributed by atoms with Crippen LogP contribution in [0.1, 0.15) is 18.1 Å². The first-order chi connectivity index (χ1) is 14.6. The molecule has 0 aliphatic carbocycles. The fourth-order valence-electron chi connectivity index (χ4n) is 3.51. The zero-order valence-corrected chi connectivity index (χ0v) is 19.2. The number of pyridine rings is 1. The van der Waals surface area contributed by atoms with Gasteiger partial charge in [0.05, 0.1) is 5.02 Å². The number of rotatable bonds is 7. The van der Waals surface area contributed by atoms with Crippen molar-refractivity contribution in [2.24, 2.45) is 0 Å².